The van der Waals surface area contributed by atoms with E-state index >= 15 is 0 Å². The Labute approximate surface area is 128 Å². The lowest BCUT2D eigenvalue weighted by Gasteiger charge is -2.28. The number of carboxylic acids is 1. The highest BCUT2D eigenvalue weighted by atomic mass is 16.4. The van der Waals surface area contributed by atoms with E-state index in [4.69, 9.17) is 5.73 Å². The van der Waals surface area contributed by atoms with Gasteiger partial charge in [-0.1, -0.05) is 38.5 Å². The molecule has 0 bridgehead atoms. The number of carboxylic acid groups (broad SMARTS) is 1. The first-order chi connectivity index (χ1) is 10.0. The highest BCUT2D eigenvalue weighted by Crippen LogP contribution is 2.18. The second kappa shape index (κ2) is 8.67. The van der Waals surface area contributed by atoms with Crippen molar-refractivity contribution in [1.82, 2.24) is 0 Å². The Morgan fingerprint density at radius 2 is 1.81 bits per heavy atom. The van der Waals surface area contributed by atoms with Crippen LogP contribution in [-0.2, 0) is 4.79 Å². The molecule has 1 unspecified atom stereocenters. The summed E-state index contributed by atoms with van der Waals surface area (Å²) in [4.78, 5) is 13.6. The van der Waals surface area contributed by atoms with E-state index in [1.807, 2.05) is 25.1 Å². The van der Waals surface area contributed by atoms with Crippen molar-refractivity contribution in [2.45, 2.75) is 51.5 Å². The van der Waals surface area contributed by atoms with Crippen LogP contribution in [0, 0.1) is 0 Å². The topological polar surface area (TPSA) is 66.6 Å². The fourth-order valence-corrected chi connectivity index (χ4v) is 2.38. The van der Waals surface area contributed by atoms with Crippen molar-refractivity contribution < 1.29 is 9.90 Å². The van der Waals surface area contributed by atoms with Crippen LogP contribution in [-0.4, -0.2) is 29.7 Å². The van der Waals surface area contributed by atoms with Crippen LogP contribution in [0.1, 0.15) is 46.0 Å². The minimum Gasteiger partial charge on any atom is -0.480 e. The summed E-state index contributed by atoms with van der Waals surface area (Å²) < 4.78 is 0. The lowest BCUT2D eigenvalue weighted by molar-refractivity contribution is -0.143. The third kappa shape index (κ3) is 5.38. The largest absolute Gasteiger partial charge is 0.480 e. The van der Waals surface area contributed by atoms with Gasteiger partial charge in [0.2, 0.25) is 0 Å². The minimum absolute atomic E-state index is 0.461. The van der Waals surface area contributed by atoms with Gasteiger partial charge in [-0.15, -0.1) is 0 Å². The van der Waals surface area contributed by atoms with Gasteiger partial charge in [0.15, 0.2) is 0 Å². The molecule has 0 radical (unpaired) electrons. The van der Waals surface area contributed by atoms with Gasteiger partial charge in [-0.25, -0.2) is 0 Å². The van der Waals surface area contributed by atoms with Gasteiger partial charge in [-0.3, -0.25) is 4.79 Å². The van der Waals surface area contributed by atoms with Crippen LogP contribution in [0.4, 0.5) is 5.69 Å². The fourth-order valence-electron chi connectivity index (χ4n) is 2.38. The molecule has 21 heavy (non-hydrogen) atoms. The average Bonchev–Trinajstić information content (AvgIpc) is 2.51. The molecule has 1 atom stereocenters. The van der Waals surface area contributed by atoms with Gasteiger partial charge >= 0.3 is 5.97 Å². The zero-order valence-corrected chi connectivity index (χ0v) is 13.2. The van der Waals surface area contributed by atoms with Crippen LogP contribution in [0.2, 0.25) is 0 Å². The van der Waals surface area contributed by atoms with Crippen LogP contribution in [0.25, 0.3) is 0 Å². The monoisotopic (exact) mass is 292 g/mol. The molecule has 0 amide bonds. The van der Waals surface area contributed by atoms with Gasteiger partial charge in [0.05, 0.1) is 0 Å². The maximum absolute atomic E-state index is 11.2. The van der Waals surface area contributed by atoms with E-state index in [0.29, 0.717) is 12.8 Å². The number of para-hydroxylation sites is 1. The number of hydrogen-bond donors (Lipinski definition) is 2. The summed E-state index contributed by atoms with van der Waals surface area (Å²) in [5.41, 5.74) is 6.05. The smallest absolute Gasteiger partial charge is 0.323 e. The number of benzene rings is 1. The second-order valence-corrected chi connectivity index (χ2v) is 5.59. The quantitative estimate of drug-likeness (QED) is 0.694. The zero-order valence-electron chi connectivity index (χ0n) is 13.2. The van der Waals surface area contributed by atoms with Crippen molar-refractivity contribution in [3.8, 4) is 0 Å². The normalized spacial score (nSPS) is 13.7. The van der Waals surface area contributed by atoms with Crippen LogP contribution < -0.4 is 10.6 Å². The number of anilines is 1. The Bertz CT molecular complexity index is 422. The molecule has 3 N–H and O–H groups in total. The molecule has 0 aromatic heterocycles. The lowest BCUT2D eigenvalue weighted by atomic mass is 9.91. The molecule has 0 spiro atoms. The number of hydrogen-bond acceptors (Lipinski definition) is 3. The van der Waals surface area contributed by atoms with Gasteiger partial charge in [-0.05, 0) is 37.8 Å². The maximum Gasteiger partial charge on any atom is 0.323 e. The van der Waals surface area contributed by atoms with Crippen molar-refractivity contribution in [2.24, 2.45) is 5.73 Å². The van der Waals surface area contributed by atoms with Gasteiger partial charge in [0.25, 0.3) is 0 Å². The van der Waals surface area contributed by atoms with Gasteiger partial charge in [-0.2, -0.15) is 0 Å². The predicted octanol–water partition coefficient (Wildman–Crippen LogP) is 3.27. The minimum atomic E-state index is -1.09. The number of rotatable bonds is 10. The Hall–Kier alpha value is -1.55. The molecule has 4 nitrogen and oxygen atoms in total. The van der Waals surface area contributed by atoms with Gasteiger partial charge in [0, 0.05) is 18.8 Å². The molecular weight excluding hydrogens is 264 g/mol. The molecule has 0 saturated carbocycles. The van der Waals surface area contributed by atoms with Crippen LogP contribution in [0.15, 0.2) is 30.3 Å². The van der Waals surface area contributed by atoms with E-state index in [0.717, 1.165) is 32.4 Å². The summed E-state index contributed by atoms with van der Waals surface area (Å²) >= 11 is 0. The third-order valence-corrected chi connectivity index (χ3v) is 4.01. The molecule has 4 heteroatoms. The highest BCUT2D eigenvalue weighted by molar-refractivity contribution is 5.78. The van der Waals surface area contributed by atoms with Crippen molar-refractivity contribution >= 4 is 11.7 Å². The molecule has 0 fully saturated rings. The number of unbranched alkanes of at least 4 members (excludes halogenated alkanes) is 1. The van der Waals surface area contributed by atoms with Crippen molar-refractivity contribution in [3.63, 3.8) is 0 Å². The first-order valence-corrected chi connectivity index (χ1v) is 7.85. The number of aliphatic carboxylic acids is 1. The molecule has 1 rings (SSSR count). The standard InChI is InChI=1S/C17H28N2O2/c1-3-5-13-19(15-10-7-6-8-11-15)14-9-12-17(18,4-2)16(20)21/h6-8,10-11H,3-5,9,12-14,18H2,1-2H3,(H,20,21). The molecule has 1 aromatic carbocycles. The molecule has 0 saturated heterocycles. The predicted molar refractivity (Wildman–Crippen MR) is 87.6 cm³/mol. The Morgan fingerprint density at radius 1 is 1.19 bits per heavy atom. The molecule has 0 aliphatic heterocycles. The van der Waals surface area contributed by atoms with Crippen molar-refractivity contribution in [2.75, 3.05) is 18.0 Å². The summed E-state index contributed by atoms with van der Waals surface area (Å²) in [5.74, 6) is -0.898. The summed E-state index contributed by atoms with van der Waals surface area (Å²) in [7, 11) is 0. The Balaban J connectivity index is 2.60. The van der Waals surface area contributed by atoms with Crippen LogP contribution >= 0.6 is 0 Å². The van der Waals surface area contributed by atoms with E-state index in [9.17, 15) is 9.90 Å². The molecular formula is C17H28N2O2. The molecule has 0 aliphatic rings. The van der Waals surface area contributed by atoms with E-state index < -0.39 is 11.5 Å². The Morgan fingerprint density at radius 3 is 2.33 bits per heavy atom. The van der Waals surface area contributed by atoms with Gasteiger partial charge in [0.1, 0.15) is 5.54 Å². The fraction of sp³-hybridized carbons (Fsp3) is 0.588. The molecule has 0 aliphatic carbocycles. The van der Waals surface area contributed by atoms with E-state index in [1.54, 1.807) is 0 Å². The Kier molecular flexibility index (Phi) is 7.23. The number of nitrogens with zero attached hydrogens (tertiary/aromatic N) is 1. The average molecular weight is 292 g/mol. The zero-order chi connectivity index (χ0) is 15.7. The molecule has 0 heterocycles. The third-order valence-electron chi connectivity index (χ3n) is 4.01. The number of carbonyl (C=O) groups is 1. The second-order valence-electron chi connectivity index (χ2n) is 5.59. The lowest BCUT2D eigenvalue weighted by Crippen LogP contribution is -2.47. The number of nitrogens with two attached hydrogens (primary N) is 1. The van der Waals surface area contributed by atoms with Crippen molar-refractivity contribution in [3.05, 3.63) is 30.3 Å². The van der Waals surface area contributed by atoms with Crippen molar-refractivity contribution in [1.29, 1.82) is 0 Å². The first kappa shape index (κ1) is 17.5. The highest BCUT2D eigenvalue weighted by Gasteiger charge is 2.31. The maximum atomic E-state index is 11.2. The first-order valence-electron chi connectivity index (χ1n) is 7.85. The summed E-state index contributed by atoms with van der Waals surface area (Å²) in [6.07, 6.45) is 4.04. The molecule has 118 valence electrons. The van der Waals surface area contributed by atoms with E-state index in [2.05, 4.69) is 24.0 Å². The van der Waals surface area contributed by atoms with Gasteiger partial charge < -0.3 is 15.7 Å². The van der Waals surface area contributed by atoms with E-state index in [1.165, 1.54) is 5.69 Å². The summed E-state index contributed by atoms with van der Waals surface area (Å²) in [6, 6.07) is 10.3. The summed E-state index contributed by atoms with van der Waals surface area (Å²) in [6.45, 7) is 5.85. The SMILES string of the molecule is CCCCN(CCCC(N)(CC)C(=O)O)c1ccccc1. The van der Waals surface area contributed by atoms with E-state index in [-0.39, 0.29) is 0 Å². The molecule has 1 aromatic rings. The van der Waals surface area contributed by atoms with Crippen LogP contribution in [0.5, 0.6) is 0 Å². The van der Waals surface area contributed by atoms with Crippen LogP contribution in [0.3, 0.4) is 0 Å². The summed E-state index contributed by atoms with van der Waals surface area (Å²) in [5, 5.41) is 9.22.